The van der Waals surface area contributed by atoms with Crippen LogP contribution in [0.4, 0.5) is 17.1 Å². The van der Waals surface area contributed by atoms with Gasteiger partial charge in [0.25, 0.3) is 0 Å². The lowest BCUT2D eigenvalue weighted by molar-refractivity contribution is 0.586. The van der Waals surface area contributed by atoms with Gasteiger partial charge in [0, 0.05) is 27.9 Å². The molecule has 0 heterocycles. The second kappa shape index (κ2) is 15.8. The summed E-state index contributed by atoms with van der Waals surface area (Å²) in [5.41, 5.74) is 30.2. The van der Waals surface area contributed by atoms with Crippen molar-refractivity contribution in [1.29, 1.82) is 0 Å². The molecule has 10 aromatic carbocycles. The van der Waals surface area contributed by atoms with E-state index >= 15 is 0 Å². The number of hydrogen-bond donors (Lipinski definition) is 0. The Morgan fingerprint density at radius 1 is 0.307 bits per heavy atom. The van der Waals surface area contributed by atoms with Crippen molar-refractivity contribution >= 4 is 17.1 Å². The second-order valence-electron chi connectivity index (χ2n) is 24.6. The molecule has 10 aromatic rings. The molecule has 1 spiro atoms. The van der Waals surface area contributed by atoms with Crippen LogP contribution in [-0.2, 0) is 27.1 Å². The van der Waals surface area contributed by atoms with Crippen molar-refractivity contribution in [2.75, 3.05) is 4.90 Å². The van der Waals surface area contributed by atoms with E-state index in [0.717, 1.165) is 17.1 Å². The fourth-order valence-electron chi connectivity index (χ4n) is 14.3. The fourth-order valence-corrected chi connectivity index (χ4v) is 14.3. The quantitative estimate of drug-likeness (QED) is 0.166. The van der Waals surface area contributed by atoms with E-state index in [0.29, 0.717) is 0 Å². The van der Waals surface area contributed by atoms with Gasteiger partial charge in [-0.25, -0.2) is 0 Å². The molecule has 1 heteroatoms. The molecule has 75 heavy (non-hydrogen) atoms. The molecule has 0 N–H and O–H groups in total. The number of hydrogen-bond acceptors (Lipinski definition) is 1. The van der Waals surface area contributed by atoms with E-state index in [4.69, 9.17) is 0 Å². The van der Waals surface area contributed by atoms with E-state index in [-0.39, 0.29) is 21.7 Å². The number of rotatable bonds is 5. The molecule has 0 bridgehead atoms. The molecule has 4 aliphatic carbocycles. The van der Waals surface area contributed by atoms with Crippen LogP contribution >= 0.6 is 0 Å². The molecule has 0 saturated carbocycles. The Hall–Kier alpha value is -8.00. The molecule has 1 unspecified atom stereocenters. The summed E-state index contributed by atoms with van der Waals surface area (Å²) < 4.78 is 0. The van der Waals surface area contributed by atoms with Crippen LogP contribution in [0.5, 0.6) is 0 Å². The van der Waals surface area contributed by atoms with Crippen molar-refractivity contribution in [2.45, 2.75) is 89.4 Å². The molecule has 14 rings (SSSR count). The van der Waals surface area contributed by atoms with Gasteiger partial charge in [-0.15, -0.1) is 0 Å². The van der Waals surface area contributed by atoms with Gasteiger partial charge in [0.15, 0.2) is 0 Å². The minimum atomic E-state index is -0.542. The van der Waals surface area contributed by atoms with Crippen LogP contribution in [-0.4, -0.2) is 0 Å². The highest BCUT2D eigenvalue weighted by atomic mass is 15.1. The maximum Gasteiger partial charge on any atom is 0.0726 e. The maximum absolute atomic E-state index is 2.58. The third kappa shape index (κ3) is 6.31. The van der Waals surface area contributed by atoms with Crippen LogP contribution in [0.1, 0.15) is 124 Å². The Morgan fingerprint density at radius 2 is 0.733 bits per heavy atom. The summed E-state index contributed by atoms with van der Waals surface area (Å²) in [6.45, 7) is 21.3. The largest absolute Gasteiger partial charge is 0.310 e. The van der Waals surface area contributed by atoms with Gasteiger partial charge in [0.1, 0.15) is 0 Å². The lowest BCUT2D eigenvalue weighted by Gasteiger charge is -2.34. The molecule has 0 radical (unpaired) electrons. The fraction of sp³-hybridized carbons (Fsp3) is 0.189. The second-order valence-corrected chi connectivity index (χ2v) is 24.6. The summed E-state index contributed by atoms with van der Waals surface area (Å²) in [4.78, 5) is 2.56. The lowest BCUT2D eigenvalue weighted by atomic mass is 9.68. The number of nitrogens with zero attached hydrogens (tertiary/aromatic N) is 1. The van der Waals surface area contributed by atoms with Crippen molar-refractivity contribution in [3.05, 3.63) is 280 Å². The van der Waals surface area contributed by atoms with Crippen molar-refractivity contribution in [2.24, 2.45) is 0 Å². The van der Waals surface area contributed by atoms with Gasteiger partial charge in [-0.05, 0) is 171 Å². The van der Waals surface area contributed by atoms with Crippen LogP contribution in [0, 0.1) is 0 Å². The molecule has 0 amide bonds. The Morgan fingerprint density at radius 3 is 1.35 bits per heavy atom. The van der Waals surface area contributed by atoms with Gasteiger partial charge >= 0.3 is 0 Å². The van der Waals surface area contributed by atoms with Gasteiger partial charge in [-0.1, -0.05) is 237 Å². The molecule has 0 fully saturated rings. The maximum atomic E-state index is 2.58. The number of fused-ring (bicyclic) bond motifs is 16. The van der Waals surface area contributed by atoms with Gasteiger partial charge in [0.2, 0.25) is 0 Å². The van der Waals surface area contributed by atoms with Crippen LogP contribution in [0.25, 0.3) is 55.6 Å². The molecule has 1 nitrogen and oxygen atoms in total. The number of anilines is 3. The minimum absolute atomic E-state index is 0.0372. The lowest BCUT2D eigenvalue weighted by Crippen LogP contribution is -2.27. The zero-order chi connectivity index (χ0) is 51.4. The Balaban J connectivity index is 1.04. The predicted octanol–water partition coefficient (Wildman–Crippen LogP) is 19.4. The molecular formula is C74H63N. The van der Waals surface area contributed by atoms with E-state index in [1.54, 1.807) is 0 Å². The standard InChI is InChI=1S/C74H63N/c1-70(2,3)48-33-37-58-59-38-34-49(71(4,5)6)43-67(59)74(66(58)42-48)64-32-18-15-26-55(64)60-40-36-52(45-68(60)74)75(51-35-39-57-54-25-14-17-31-63(54)73(9,65(57)44-51)47-22-11-10-12-23-47)50-24-19-21-46(41-50)53-28-20-29-61-56-27-13-16-30-62(56)72(7,8)69(53)61/h10-45H,1-9H3. The van der Waals surface area contributed by atoms with Gasteiger partial charge in [-0.2, -0.15) is 0 Å². The summed E-state index contributed by atoms with van der Waals surface area (Å²) >= 11 is 0. The molecule has 0 saturated heterocycles. The third-order valence-electron chi connectivity index (χ3n) is 18.1. The average molecular weight is 966 g/mol. The van der Waals surface area contributed by atoms with Gasteiger partial charge in [0.05, 0.1) is 5.41 Å². The van der Waals surface area contributed by atoms with Crippen molar-refractivity contribution in [3.63, 3.8) is 0 Å². The average Bonchev–Trinajstić information content (AvgIpc) is 4.07. The highest BCUT2D eigenvalue weighted by molar-refractivity contribution is 5.98. The first-order valence-corrected chi connectivity index (χ1v) is 27.1. The van der Waals surface area contributed by atoms with Crippen LogP contribution in [0.3, 0.4) is 0 Å². The Labute approximate surface area is 444 Å². The van der Waals surface area contributed by atoms with Gasteiger partial charge < -0.3 is 4.90 Å². The van der Waals surface area contributed by atoms with Crippen LogP contribution < -0.4 is 4.90 Å². The van der Waals surface area contributed by atoms with E-state index in [9.17, 15) is 0 Å². The monoisotopic (exact) mass is 965 g/mol. The molecule has 4 aliphatic rings. The molecular weight excluding hydrogens is 903 g/mol. The first-order valence-electron chi connectivity index (χ1n) is 27.1. The van der Waals surface area contributed by atoms with Crippen LogP contribution in [0.2, 0.25) is 0 Å². The van der Waals surface area contributed by atoms with Crippen molar-refractivity contribution < 1.29 is 0 Å². The topological polar surface area (TPSA) is 3.24 Å². The molecule has 0 aliphatic heterocycles. The Kier molecular flexibility index (Phi) is 9.58. The summed E-state index contributed by atoms with van der Waals surface area (Å²) in [6.07, 6.45) is 0. The first-order chi connectivity index (χ1) is 36.1. The number of benzene rings is 10. The van der Waals surface area contributed by atoms with Crippen molar-refractivity contribution in [1.82, 2.24) is 0 Å². The van der Waals surface area contributed by atoms with E-state index in [1.807, 2.05) is 0 Å². The van der Waals surface area contributed by atoms with E-state index < -0.39 is 5.41 Å². The highest BCUT2D eigenvalue weighted by Crippen LogP contribution is 2.65. The van der Waals surface area contributed by atoms with Gasteiger partial charge in [-0.3, -0.25) is 0 Å². The first kappa shape index (κ1) is 45.6. The summed E-state index contributed by atoms with van der Waals surface area (Å²) in [6, 6.07) is 84.2. The minimum Gasteiger partial charge on any atom is -0.310 e. The summed E-state index contributed by atoms with van der Waals surface area (Å²) in [5.74, 6) is 0. The van der Waals surface area contributed by atoms with Crippen molar-refractivity contribution in [3.8, 4) is 55.6 Å². The zero-order valence-electron chi connectivity index (χ0n) is 44.7. The SMILES string of the molecule is CC(C)(C)c1ccc2c(c1)C1(c3ccccc3-c3ccc(N(c4cccc(-c5cccc6c5C(C)(C)c5ccccc5-6)c4)c4ccc5c(c4)C(C)(c4ccccc4)c4ccccc4-5)cc31)c1cc(C(C)(C)C)ccc1-2. The summed E-state index contributed by atoms with van der Waals surface area (Å²) in [5, 5.41) is 0. The smallest absolute Gasteiger partial charge is 0.0726 e. The van der Waals surface area contributed by atoms with Crippen LogP contribution in [0.15, 0.2) is 218 Å². The predicted molar refractivity (Wildman–Crippen MR) is 315 cm³/mol. The highest BCUT2D eigenvalue weighted by Gasteiger charge is 2.53. The summed E-state index contributed by atoms with van der Waals surface area (Å²) in [7, 11) is 0. The molecule has 0 aromatic heterocycles. The van der Waals surface area contributed by atoms with E-state index in [1.165, 1.54) is 117 Å². The van der Waals surface area contributed by atoms with E-state index in [2.05, 4.69) is 286 Å². The normalized spacial score (nSPS) is 16.6. The third-order valence-corrected chi connectivity index (χ3v) is 18.1. The molecule has 1 atom stereocenters. The molecule has 364 valence electrons. The zero-order valence-corrected chi connectivity index (χ0v) is 44.7. The Bertz CT molecular complexity index is 3960.